The van der Waals surface area contributed by atoms with E-state index in [2.05, 4.69) is 80.9 Å². The van der Waals surface area contributed by atoms with Crippen LogP contribution in [0.25, 0.3) is 0 Å². The predicted octanol–water partition coefficient (Wildman–Crippen LogP) is 4.03. The summed E-state index contributed by atoms with van der Waals surface area (Å²) in [4.78, 5) is 12.1. The van der Waals surface area contributed by atoms with E-state index in [0.717, 1.165) is 51.8 Å². The van der Waals surface area contributed by atoms with E-state index in [-0.39, 0.29) is 24.0 Å². The first-order chi connectivity index (χ1) is 13.8. The Bertz CT molecular complexity index is 787. The Balaban J connectivity index is 0.00000240. The molecule has 1 N–H and O–H groups in total. The summed E-state index contributed by atoms with van der Waals surface area (Å²) in [6.07, 6.45) is 4.44. The standard InChI is InChI=1S/C22H29N5S.HI/c1-2-23-22(27-15-13-26(14-16-27)21-6-5-17-28-21)24-18-19-7-9-20(10-8-19)25-11-3-4-12-25;/h3-10,17H,2,11-16,18H2,1H3,(H,23,24);1H. The number of thiophene rings is 1. The Morgan fingerprint density at radius 2 is 1.72 bits per heavy atom. The first-order valence-electron chi connectivity index (χ1n) is 10.1. The summed E-state index contributed by atoms with van der Waals surface area (Å²) >= 11 is 1.82. The Morgan fingerprint density at radius 3 is 2.34 bits per heavy atom. The van der Waals surface area contributed by atoms with Gasteiger partial charge in [0.25, 0.3) is 0 Å². The lowest BCUT2D eigenvalue weighted by atomic mass is 10.2. The van der Waals surface area contributed by atoms with Crippen molar-refractivity contribution in [3.8, 4) is 0 Å². The molecular weight excluding hydrogens is 493 g/mol. The normalized spacial score (nSPS) is 16.9. The summed E-state index contributed by atoms with van der Waals surface area (Å²) < 4.78 is 0. The number of piperazine rings is 1. The van der Waals surface area contributed by atoms with Crippen molar-refractivity contribution >= 4 is 52.0 Å². The van der Waals surface area contributed by atoms with Crippen LogP contribution >= 0.6 is 35.3 Å². The number of anilines is 2. The lowest BCUT2D eigenvalue weighted by Crippen LogP contribution is -2.52. The van der Waals surface area contributed by atoms with Crippen molar-refractivity contribution in [2.45, 2.75) is 13.5 Å². The van der Waals surface area contributed by atoms with E-state index < -0.39 is 0 Å². The number of benzene rings is 1. The first kappa shape index (κ1) is 22.0. The molecule has 29 heavy (non-hydrogen) atoms. The maximum atomic E-state index is 4.91. The van der Waals surface area contributed by atoms with E-state index in [1.165, 1.54) is 16.3 Å². The second kappa shape index (κ2) is 10.9. The zero-order valence-corrected chi connectivity index (χ0v) is 20.1. The molecule has 0 amide bonds. The maximum absolute atomic E-state index is 4.91. The highest BCUT2D eigenvalue weighted by atomic mass is 127. The molecule has 3 heterocycles. The molecule has 0 atom stereocenters. The van der Waals surface area contributed by atoms with Crippen LogP contribution in [0, 0.1) is 0 Å². The van der Waals surface area contributed by atoms with Crippen LogP contribution < -0.4 is 15.1 Å². The van der Waals surface area contributed by atoms with Gasteiger partial charge in [-0.3, -0.25) is 0 Å². The summed E-state index contributed by atoms with van der Waals surface area (Å²) in [6, 6.07) is 13.2. The molecular formula is C22H30IN5S. The molecule has 1 aromatic carbocycles. The highest BCUT2D eigenvalue weighted by molar-refractivity contribution is 14.0. The number of halogens is 1. The summed E-state index contributed by atoms with van der Waals surface area (Å²) in [7, 11) is 0. The van der Waals surface area contributed by atoms with Gasteiger partial charge in [0.15, 0.2) is 5.96 Å². The smallest absolute Gasteiger partial charge is 0.194 e. The third-order valence-corrected chi connectivity index (χ3v) is 6.19. The molecule has 0 radical (unpaired) electrons. The SMILES string of the molecule is CCNC(=NCc1ccc(N2CC=CC2)cc1)N1CCN(c2cccs2)CC1.I. The zero-order valence-electron chi connectivity index (χ0n) is 17.0. The summed E-state index contributed by atoms with van der Waals surface area (Å²) in [5.41, 5.74) is 2.54. The van der Waals surface area contributed by atoms with E-state index in [4.69, 9.17) is 4.99 Å². The van der Waals surface area contributed by atoms with Crippen molar-refractivity contribution in [1.29, 1.82) is 0 Å². The zero-order chi connectivity index (χ0) is 19.2. The second-order valence-corrected chi connectivity index (χ2v) is 8.06. The van der Waals surface area contributed by atoms with Crippen molar-refractivity contribution in [3.05, 3.63) is 59.5 Å². The second-order valence-electron chi connectivity index (χ2n) is 7.14. The van der Waals surface area contributed by atoms with Gasteiger partial charge in [-0.05, 0) is 42.1 Å². The fraction of sp³-hybridized carbons (Fsp3) is 0.409. The fourth-order valence-corrected chi connectivity index (χ4v) is 4.47. The lowest BCUT2D eigenvalue weighted by Gasteiger charge is -2.37. The van der Waals surface area contributed by atoms with Gasteiger partial charge in [-0.2, -0.15) is 0 Å². The van der Waals surface area contributed by atoms with Gasteiger partial charge in [-0.25, -0.2) is 4.99 Å². The third-order valence-electron chi connectivity index (χ3n) is 5.26. The van der Waals surface area contributed by atoms with Gasteiger partial charge in [-0.15, -0.1) is 35.3 Å². The Hall–Kier alpha value is -1.74. The van der Waals surface area contributed by atoms with Gasteiger partial charge in [0.1, 0.15) is 0 Å². The molecule has 2 aromatic rings. The van der Waals surface area contributed by atoms with E-state index in [0.29, 0.717) is 6.54 Å². The minimum atomic E-state index is 0. The molecule has 0 unspecified atom stereocenters. The molecule has 5 nitrogen and oxygen atoms in total. The van der Waals surface area contributed by atoms with Crippen LogP contribution in [-0.2, 0) is 6.54 Å². The summed E-state index contributed by atoms with van der Waals surface area (Å²) in [5, 5.41) is 6.99. The molecule has 0 saturated carbocycles. The van der Waals surface area contributed by atoms with Gasteiger partial charge >= 0.3 is 0 Å². The van der Waals surface area contributed by atoms with Gasteiger partial charge < -0.3 is 20.0 Å². The molecule has 4 rings (SSSR count). The van der Waals surface area contributed by atoms with Gasteiger partial charge in [0.05, 0.1) is 11.5 Å². The molecule has 1 aromatic heterocycles. The van der Waals surface area contributed by atoms with Crippen LogP contribution in [0.1, 0.15) is 12.5 Å². The minimum Gasteiger partial charge on any atom is -0.364 e. The van der Waals surface area contributed by atoms with Crippen LogP contribution in [0.15, 0.2) is 58.9 Å². The van der Waals surface area contributed by atoms with Crippen molar-refractivity contribution < 1.29 is 0 Å². The average Bonchev–Trinajstić information content (AvgIpc) is 3.46. The molecule has 0 aliphatic carbocycles. The third kappa shape index (κ3) is 5.66. The quantitative estimate of drug-likeness (QED) is 0.278. The van der Waals surface area contributed by atoms with Crippen LogP contribution in [0.4, 0.5) is 10.7 Å². The molecule has 156 valence electrons. The van der Waals surface area contributed by atoms with Crippen molar-refractivity contribution in [2.24, 2.45) is 4.99 Å². The van der Waals surface area contributed by atoms with Crippen LogP contribution in [-0.4, -0.2) is 56.7 Å². The van der Waals surface area contributed by atoms with Gasteiger partial charge in [-0.1, -0.05) is 24.3 Å². The first-order valence-corrected chi connectivity index (χ1v) is 11.0. The van der Waals surface area contributed by atoms with Crippen LogP contribution in [0.5, 0.6) is 0 Å². The monoisotopic (exact) mass is 523 g/mol. The number of aliphatic imine (C=N–C) groups is 1. The number of hydrogen-bond donors (Lipinski definition) is 1. The minimum absolute atomic E-state index is 0. The molecule has 7 heteroatoms. The van der Waals surface area contributed by atoms with E-state index in [1.54, 1.807) is 0 Å². The Kier molecular flexibility index (Phi) is 8.23. The molecule has 0 bridgehead atoms. The molecule has 2 aliphatic rings. The summed E-state index contributed by atoms with van der Waals surface area (Å²) in [5.74, 6) is 1.03. The van der Waals surface area contributed by atoms with E-state index in [9.17, 15) is 0 Å². The van der Waals surface area contributed by atoms with E-state index >= 15 is 0 Å². The highest BCUT2D eigenvalue weighted by Gasteiger charge is 2.20. The topological polar surface area (TPSA) is 34.1 Å². The Morgan fingerprint density at radius 1 is 1.00 bits per heavy atom. The number of hydrogen-bond acceptors (Lipinski definition) is 4. The molecule has 1 saturated heterocycles. The summed E-state index contributed by atoms with van der Waals surface area (Å²) in [6.45, 7) is 9.87. The molecule has 0 spiro atoms. The number of nitrogens with one attached hydrogen (secondary N) is 1. The maximum Gasteiger partial charge on any atom is 0.194 e. The molecule has 2 aliphatic heterocycles. The Labute approximate surface area is 195 Å². The van der Waals surface area contributed by atoms with Crippen LogP contribution in [0.2, 0.25) is 0 Å². The predicted molar refractivity (Wildman–Crippen MR) is 136 cm³/mol. The van der Waals surface area contributed by atoms with Crippen molar-refractivity contribution in [3.63, 3.8) is 0 Å². The van der Waals surface area contributed by atoms with Crippen molar-refractivity contribution in [1.82, 2.24) is 10.2 Å². The number of guanidine groups is 1. The van der Waals surface area contributed by atoms with Crippen LogP contribution in [0.3, 0.4) is 0 Å². The lowest BCUT2D eigenvalue weighted by molar-refractivity contribution is 0.373. The number of nitrogens with zero attached hydrogens (tertiary/aromatic N) is 4. The number of rotatable bonds is 5. The van der Waals surface area contributed by atoms with Gasteiger partial charge in [0, 0.05) is 51.5 Å². The highest BCUT2D eigenvalue weighted by Crippen LogP contribution is 2.22. The average molecular weight is 523 g/mol. The fourth-order valence-electron chi connectivity index (χ4n) is 3.68. The molecule has 1 fully saturated rings. The van der Waals surface area contributed by atoms with E-state index in [1.807, 2.05) is 11.3 Å². The van der Waals surface area contributed by atoms with Crippen molar-refractivity contribution in [2.75, 3.05) is 55.6 Å². The van der Waals surface area contributed by atoms with Gasteiger partial charge in [0.2, 0.25) is 0 Å². The largest absolute Gasteiger partial charge is 0.364 e.